The molecule has 4 atom stereocenters. The highest BCUT2D eigenvalue weighted by molar-refractivity contribution is 6.31. The van der Waals surface area contributed by atoms with Crippen LogP contribution in [0.5, 0.6) is 0 Å². The maximum atomic E-state index is 14.5. The minimum atomic E-state index is -2.73. The highest BCUT2D eigenvalue weighted by atomic mass is 35.5. The largest absolute Gasteiger partial charge is 0.383 e. The van der Waals surface area contributed by atoms with Gasteiger partial charge in [-0.25, -0.2) is 23.1 Å². The van der Waals surface area contributed by atoms with Crippen LogP contribution in [-0.2, 0) is 14.4 Å². The summed E-state index contributed by atoms with van der Waals surface area (Å²) >= 11 is 6.45. The molecule has 10 nitrogen and oxygen atoms in total. The Bertz CT molecular complexity index is 1540. The topological polar surface area (TPSA) is 140 Å². The van der Waals surface area contributed by atoms with Crippen LogP contribution >= 0.6 is 11.6 Å². The summed E-state index contributed by atoms with van der Waals surface area (Å²) in [5, 5.41) is 22.2. The van der Waals surface area contributed by atoms with Crippen molar-refractivity contribution in [2.45, 2.75) is 50.4 Å². The Morgan fingerprint density at radius 2 is 1.98 bits per heavy atom. The quantitative estimate of drug-likeness (QED) is 0.383. The van der Waals surface area contributed by atoms with Gasteiger partial charge < -0.3 is 10.4 Å². The van der Waals surface area contributed by atoms with Crippen molar-refractivity contribution in [1.29, 1.82) is 5.26 Å². The fraction of sp³-hybridized carbons (Fsp3) is 0.286. The van der Waals surface area contributed by atoms with Crippen LogP contribution < -0.4 is 15.1 Å². The average Bonchev–Trinajstić information content (AvgIpc) is 3.25. The van der Waals surface area contributed by atoms with Crippen molar-refractivity contribution >= 4 is 41.0 Å². The number of carbonyl (C=O) groups is 3. The van der Waals surface area contributed by atoms with E-state index in [-0.39, 0.29) is 27.9 Å². The molecule has 1 aliphatic rings. The Hall–Kier alpha value is -4.54. The minimum Gasteiger partial charge on any atom is -0.383 e. The van der Waals surface area contributed by atoms with Gasteiger partial charge in [-0.15, -0.1) is 0 Å². The van der Waals surface area contributed by atoms with Crippen LogP contribution in [0.2, 0.25) is 5.02 Å². The van der Waals surface area contributed by atoms with E-state index >= 15 is 0 Å². The second-order valence-electron chi connectivity index (χ2n) is 9.48. The Labute approximate surface area is 243 Å². The third kappa shape index (κ3) is 6.50. The number of aliphatic hydroxyl groups is 1. The zero-order valence-corrected chi connectivity index (χ0v) is 22.8. The third-order valence-electron chi connectivity index (χ3n) is 6.49. The van der Waals surface area contributed by atoms with E-state index in [4.69, 9.17) is 11.6 Å². The molecule has 3 aromatic rings. The van der Waals surface area contributed by atoms with Gasteiger partial charge in [0.25, 0.3) is 11.8 Å². The van der Waals surface area contributed by atoms with E-state index in [0.29, 0.717) is 0 Å². The van der Waals surface area contributed by atoms with Gasteiger partial charge in [0.2, 0.25) is 18.3 Å². The highest BCUT2D eigenvalue weighted by Crippen LogP contribution is 2.36. The van der Waals surface area contributed by atoms with E-state index in [0.717, 1.165) is 21.9 Å². The lowest BCUT2D eigenvalue weighted by atomic mass is 10.0. The number of hydrogen-bond acceptors (Lipinski definition) is 7. The van der Waals surface area contributed by atoms with Crippen LogP contribution in [0.25, 0.3) is 0 Å². The van der Waals surface area contributed by atoms with Crippen LogP contribution in [0.15, 0.2) is 60.8 Å². The van der Waals surface area contributed by atoms with Crippen molar-refractivity contribution in [3.63, 3.8) is 0 Å². The van der Waals surface area contributed by atoms with Gasteiger partial charge in [-0.05, 0) is 37.3 Å². The molecule has 0 spiro atoms. The predicted octanol–water partition coefficient (Wildman–Crippen LogP) is 3.54. The molecule has 1 fully saturated rings. The van der Waals surface area contributed by atoms with Crippen molar-refractivity contribution in [2.24, 2.45) is 0 Å². The van der Waals surface area contributed by atoms with Crippen LogP contribution in [0.4, 0.5) is 24.8 Å². The number of halogens is 4. The molecule has 1 aromatic heterocycles. The molecular weight excluding hydrogens is 577 g/mol. The Morgan fingerprint density at radius 1 is 1.24 bits per heavy atom. The SMILES string of the molecule is CC(CC(F)F)NC(=O)C(c1ccccc1Cl)N(C(=O)C1CC(O)C(=O)N1c1nccc(C#N)n1)c1cccc(F)c1. The van der Waals surface area contributed by atoms with Crippen molar-refractivity contribution in [3.05, 3.63) is 82.9 Å². The molecule has 4 unspecified atom stereocenters. The molecule has 1 aliphatic heterocycles. The highest BCUT2D eigenvalue weighted by Gasteiger charge is 2.48. The van der Waals surface area contributed by atoms with Crippen LogP contribution in [0.1, 0.15) is 37.1 Å². The van der Waals surface area contributed by atoms with Crippen molar-refractivity contribution in [3.8, 4) is 6.07 Å². The Kier molecular flexibility index (Phi) is 9.39. The number of nitriles is 1. The van der Waals surface area contributed by atoms with Crippen molar-refractivity contribution in [1.82, 2.24) is 15.3 Å². The first-order valence-electron chi connectivity index (χ1n) is 12.7. The summed E-state index contributed by atoms with van der Waals surface area (Å²) in [7, 11) is 0. The summed E-state index contributed by atoms with van der Waals surface area (Å²) in [6.45, 7) is 1.36. The summed E-state index contributed by atoms with van der Waals surface area (Å²) in [5.74, 6) is -3.92. The second kappa shape index (κ2) is 13.0. The van der Waals surface area contributed by atoms with E-state index in [2.05, 4.69) is 15.3 Å². The molecule has 3 amide bonds. The van der Waals surface area contributed by atoms with Gasteiger partial charge >= 0.3 is 0 Å². The molecule has 0 saturated carbocycles. The smallest absolute Gasteiger partial charge is 0.259 e. The summed E-state index contributed by atoms with van der Waals surface area (Å²) in [6.07, 6.45) is -4.35. The first-order valence-corrected chi connectivity index (χ1v) is 13.1. The Balaban J connectivity index is 1.88. The fourth-order valence-corrected chi connectivity index (χ4v) is 4.88. The lowest BCUT2D eigenvalue weighted by Gasteiger charge is -2.35. The number of aliphatic hydroxyl groups excluding tert-OH is 1. The molecule has 2 N–H and O–H groups in total. The van der Waals surface area contributed by atoms with Crippen molar-refractivity contribution in [2.75, 3.05) is 9.80 Å². The lowest BCUT2D eigenvalue weighted by Crippen LogP contribution is -2.53. The normalized spacial score (nSPS) is 18.0. The molecule has 42 heavy (non-hydrogen) atoms. The molecule has 2 heterocycles. The Morgan fingerprint density at radius 3 is 2.64 bits per heavy atom. The summed E-state index contributed by atoms with van der Waals surface area (Å²) in [5.41, 5.74) is -0.163. The third-order valence-corrected chi connectivity index (χ3v) is 6.83. The number of anilines is 2. The van der Waals surface area contributed by atoms with Gasteiger partial charge in [-0.1, -0.05) is 35.9 Å². The van der Waals surface area contributed by atoms with Gasteiger partial charge in [0, 0.05) is 41.4 Å². The van der Waals surface area contributed by atoms with Crippen molar-refractivity contribution < 1.29 is 32.7 Å². The monoisotopic (exact) mass is 600 g/mol. The molecule has 0 radical (unpaired) electrons. The maximum absolute atomic E-state index is 14.5. The van der Waals surface area contributed by atoms with E-state index in [1.54, 1.807) is 12.1 Å². The van der Waals surface area contributed by atoms with Crippen LogP contribution in [-0.4, -0.2) is 57.4 Å². The zero-order valence-electron chi connectivity index (χ0n) is 22.0. The van der Waals surface area contributed by atoms with E-state index in [1.807, 2.05) is 0 Å². The number of amides is 3. The molecular formula is C28H24ClF3N6O4. The number of benzene rings is 2. The number of rotatable bonds is 9. The van der Waals surface area contributed by atoms with Gasteiger partial charge in [0.15, 0.2) is 0 Å². The van der Waals surface area contributed by atoms with Gasteiger partial charge in [-0.3, -0.25) is 24.2 Å². The standard InChI is InChI=1S/C28H24ClF3N6O4/c1-15(11-23(31)32)35-25(40)24(19-7-2-3-8-20(19)29)37(18-6-4-5-16(30)12-18)26(41)21-13-22(39)27(42)38(21)28-34-10-9-17(14-33)36-28/h2-10,12,15,21-24,39H,11,13H2,1H3,(H,35,40). The van der Waals surface area contributed by atoms with Gasteiger partial charge in [0.1, 0.15) is 35.8 Å². The predicted molar refractivity (Wildman–Crippen MR) is 145 cm³/mol. The van der Waals surface area contributed by atoms with Gasteiger partial charge in [-0.2, -0.15) is 5.26 Å². The number of alkyl halides is 2. The minimum absolute atomic E-state index is 0.0396. The van der Waals surface area contributed by atoms with Crippen LogP contribution in [0, 0.1) is 17.1 Å². The molecule has 1 saturated heterocycles. The lowest BCUT2D eigenvalue weighted by molar-refractivity contribution is -0.127. The number of hydrogen-bond donors (Lipinski definition) is 2. The summed E-state index contributed by atoms with van der Waals surface area (Å²) in [6, 6.07) is 9.61. The molecule has 0 aliphatic carbocycles. The second-order valence-corrected chi connectivity index (χ2v) is 9.89. The van der Waals surface area contributed by atoms with Gasteiger partial charge in [0.05, 0.1) is 0 Å². The first-order chi connectivity index (χ1) is 20.0. The number of nitrogens with zero attached hydrogens (tertiary/aromatic N) is 5. The molecule has 0 bridgehead atoms. The first kappa shape index (κ1) is 30.4. The number of aromatic nitrogens is 2. The maximum Gasteiger partial charge on any atom is 0.259 e. The fourth-order valence-electron chi connectivity index (χ4n) is 4.64. The molecule has 2 aromatic carbocycles. The van der Waals surface area contributed by atoms with E-state index in [9.17, 15) is 37.9 Å². The number of carbonyl (C=O) groups excluding carboxylic acids is 3. The molecule has 14 heteroatoms. The molecule has 4 rings (SSSR count). The number of nitrogens with one attached hydrogen (secondary N) is 1. The van der Waals surface area contributed by atoms with Crippen LogP contribution in [0.3, 0.4) is 0 Å². The summed E-state index contributed by atoms with van der Waals surface area (Å²) < 4.78 is 40.7. The summed E-state index contributed by atoms with van der Waals surface area (Å²) in [4.78, 5) is 50.9. The average molecular weight is 601 g/mol. The van der Waals surface area contributed by atoms with E-state index < -0.39 is 67.0 Å². The zero-order chi connectivity index (χ0) is 30.6. The molecule has 218 valence electrons. The van der Waals surface area contributed by atoms with E-state index in [1.165, 1.54) is 49.5 Å².